The third-order valence-electron chi connectivity index (χ3n) is 3.31. The maximum atomic E-state index is 5.36. The number of rotatable bonds is 4. The van der Waals surface area contributed by atoms with Crippen LogP contribution in [0, 0.1) is 0 Å². The predicted octanol–water partition coefficient (Wildman–Crippen LogP) is 3.11. The molecule has 1 aromatic carbocycles. The number of nitrogens with one attached hydrogen (secondary N) is 1. The second-order valence-electron chi connectivity index (χ2n) is 4.91. The Morgan fingerprint density at radius 2 is 2.06 bits per heavy atom. The summed E-state index contributed by atoms with van der Waals surface area (Å²) in [6, 6.07) is 8.63. The number of nitrogens with zero attached hydrogens (tertiary/aromatic N) is 1. The Morgan fingerprint density at radius 1 is 1.28 bits per heavy atom. The van der Waals surface area contributed by atoms with Crippen LogP contribution < -0.4 is 10.1 Å². The molecule has 2 rings (SSSR count). The fourth-order valence-electron chi connectivity index (χ4n) is 2.22. The monoisotopic (exact) mass is 246 g/mol. The fraction of sp³-hybridized carbons (Fsp3) is 0.467. The molecule has 0 saturated heterocycles. The van der Waals surface area contributed by atoms with E-state index >= 15 is 0 Å². The highest BCUT2D eigenvalue weighted by molar-refractivity contribution is 5.59. The summed E-state index contributed by atoms with van der Waals surface area (Å²) >= 11 is 0. The van der Waals surface area contributed by atoms with Gasteiger partial charge in [-0.2, -0.15) is 0 Å². The highest BCUT2D eigenvalue weighted by Crippen LogP contribution is 2.25. The number of anilines is 1. The van der Waals surface area contributed by atoms with Gasteiger partial charge in [0.15, 0.2) is 0 Å². The number of ether oxygens (including phenoxy) is 1. The van der Waals surface area contributed by atoms with Crippen molar-refractivity contribution in [2.45, 2.75) is 26.3 Å². The molecule has 3 nitrogen and oxygen atoms in total. The molecule has 0 saturated carbocycles. The van der Waals surface area contributed by atoms with E-state index in [1.54, 1.807) is 7.11 Å². The predicted molar refractivity (Wildman–Crippen MR) is 76.0 cm³/mol. The van der Waals surface area contributed by atoms with E-state index in [9.17, 15) is 0 Å². The van der Waals surface area contributed by atoms with Crippen LogP contribution in [0.25, 0.3) is 0 Å². The van der Waals surface area contributed by atoms with E-state index in [0.29, 0.717) is 6.04 Å². The Balaban J connectivity index is 2.07. The molecule has 1 aliphatic rings. The van der Waals surface area contributed by atoms with Crippen LogP contribution in [0.3, 0.4) is 0 Å². The highest BCUT2D eigenvalue weighted by atomic mass is 16.5. The quantitative estimate of drug-likeness (QED) is 0.883. The van der Waals surface area contributed by atoms with Gasteiger partial charge in [0.25, 0.3) is 0 Å². The van der Waals surface area contributed by atoms with Crippen molar-refractivity contribution in [2.75, 3.05) is 25.5 Å². The second kappa shape index (κ2) is 5.91. The van der Waals surface area contributed by atoms with E-state index in [2.05, 4.69) is 30.1 Å². The van der Waals surface area contributed by atoms with Crippen molar-refractivity contribution in [2.24, 2.45) is 0 Å². The Morgan fingerprint density at radius 3 is 2.78 bits per heavy atom. The summed E-state index contributed by atoms with van der Waals surface area (Å²) < 4.78 is 5.36. The topological polar surface area (TPSA) is 24.5 Å². The van der Waals surface area contributed by atoms with Gasteiger partial charge in [0.05, 0.1) is 12.8 Å². The molecule has 0 atom stereocenters. The Kier molecular flexibility index (Phi) is 4.26. The van der Waals surface area contributed by atoms with Gasteiger partial charge >= 0.3 is 0 Å². The standard InChI is InChI=1S/C15H22N2O/c1-12(2)17-10-6-7-13(11-17)16-14-8-4-5-9-15(14)18-3/h4-5,7-9,12,16H,6,10-11H2,1-3H3. The lowest BCUT2D eigenvalue weighted by molar-refractivity contribution is 0.236. The summed E-state index contributed by atoms with van der Waals surface area (Å²) in [4.78, 5) is 2.47. The normalized spacial score (nSPS) is 16.6. The molecule has 1 aliphatic heterocycles. The van der Waals surface area contributed by atoms with Gasteiger partial charge in [-0.15, -0.1) is 0 Å². The van der Waals surface area contributed by atoms with Gasteiger partial charge in [0.1, 0.15) is 5.75 Å². The zero-order chi connectivity index (χ0) is 13.0. The van der Waals surface area contributed by atoms with Crippen molar-refractivity contribution in [3.63, 3.8) is 0 Å². The number of hydrogen-bond donors (Lipinski definition) is 1. The first kappa shape index (κ1) is 13.0. The third-order valence-corrected chi connectivity index (χ3v) is 3.31. The van der Waals surface area contributed by atoms with Crippen molar-refractivity contribution >= 4 is 5.69 Å². The molecule has 1 N–H and O–H groups in total. The van der Waals surface area contributed by atoms with Crippen LogP contribution in [-0.2, 0) is 0 Å². The largest absolute Gasteiger partial charge is 0.495 e. The van der Waals surface area contributed by atoms with Crippen molar-refractivity contribution in [1.29, 1.82) is 0 Å². The Bertz CT molecular complexity index is 426. The highest BCUT2D eigenvalue weighted by Gasteiger charge is 2.15. The summed E-state index contributed by atoms with van der Waals surface area (Å²) in [5.74, 6) is 0.889. The molecule has 0 amide bonds. The van der Waals surface area contributed by atoms with Gasteiger partial charge in [-0.3, -0.25) is 4.90 Å². The van der Waals surface area contributed by atoms with Crippen molar-refractivity contribution in [1.82, 2.24) is 4.90 Å². The molecule has 1 aromatic rings. The average Bonchev–Trinajstić information content (AvgIpc) is 2.39. The smallest absolute Gasteiger partial charge is 0.142 e. The van der Waals surface area contributed by atoms with E-state index in [1.165, 1.54) is 5.70 Å². The molecule has 0 fully saturated rings. The first-order chi connectivity index (χ1) is 8.70. The molecule has 1 heterocycles. The van der Waals surface area contributed by atoms with Crippen LogP contribution in [0.1, 0.15) is 20.3 Å². The lowest BCUT2D eigenvalue weighted by Crippen LogP contribution is -2.37. The number of para-hydroxylation sites is 2. The van der Waals surface area contributed by atoms with E-state index in [-0.39, 0.29) is 0 Å². The molecule has 98 valence electrons. The Labute approximate surface area is 109 Å². The lowest BCUT2D eigenvalue weighted by Gasteiger charge is -2.31. The van der Waals surface area contributed by atoms with Crippen LogP contribution in [0.4, 0.5) is 5.69 Å². The molecule has 0 aliphatic carbocycles. The minimum absolute atomic E-state index is 0.591. The molecule has 0 radical (unpaired) electrons. The lowest BCUT2D eigenvalue weighted by atomic mass is 10.1. The second-order valence-corrected chi connectivity index (χ2v) is 4.91. The van der Waals surface area contributed by atoms with E-state index in [0.717, 1.165) is 30.9 Å². The number of methoxy groups -OCH3 is 1. The van der Waals surface area contributed by atoms with Crippen LogP contribution in [0.2, 0.25) is 0 Å². The van der Waals surface area contributed by atoms with Crippen LogP contribution in [0.15, 0.2) is 36.0 Å². The molecule has 0 bridgehead atoms. The molecule has 0 aromatic heterocycles. The molecule has 0 unspecified atom stereocenters. The summed E-state index contributed by atoms with van der Waals surface area (Å²) in [5, 5.41) is 3.48. The van der Waals surface area contributed by atoms with Crippen molar-refractivity contribution in [3.8, 4) is 5.75 Å². The maximum absolute atomic E-state index is 5.36. The molecule has 18 heavy (non-hydrogen) atoms. The van der Waals surface area contributed by atoms with Gasteiger partial charge in [-0.05, 0) is 32.4 Å². The van der Waals surface area contributed by atoms with E-state index < -0.39 is 0 Å². The zero-order valence-corrected chi connectivity index (χ0v) is 11.4. The summed E-state index contributed by atoms with van der Waals surface area (Å²) in [5.41, 5.74) is 2.30. The van der Waals surface area contributed by atoms with Crippen molar-refractivity contribution in [3.05, 3.63) is 36.0 Å². The SMILES string of the molecule is COc1ccccc1NC1=CCCN(C(C)C)C1. The van der Waals surface area contributed by atoms with E-state index in [1.807, 2.05) is 24.3 Å². The number of hydrogen-bond acceptors (Lipinski definition) is 3. The fourth-order valence-corrected chi connectivity index (χ4v) is 2.22. The molecular formula is C15H22N2O. The van der Waals surface area contributed by atoms with Gasteiger partial charge in [0, 0.05) is 24.8 Å². The van der Waals surface area contributed by atoms with E-state index in [4.69, 9.17) is 4.74 Å². The summed E-state index contributed by atoms with van der Waals surface area (Å²) in [6.45, 7) is 6.61. The van der Waals surface area contributed by atoms with Gasteiger partial charge in [-0.1, -0.05) is 18.2 Å². The minimum atomic E-state index is 0.591. The first-order valence-corrected chi connectivity index (χ1v) is 6.54. The Hall–Kier alpha value is -1.48. The summed E-state index contributed by atoms with van der Waals surface area (Å²) in [6.07, 6.45) is 3.39. The van der Waals surface area contributed by atoms with Gasteiger partial charge in [0.2, 0.25) is 0 Å². The molecule has 3 heteroatoms. The zero-order valence-electron chi connectivity index (χ0n) is 11.4. The van der Waals surface area contributed by atoms with Gasteiger partial charge < -0.3 is 10.1 Å². The van der Waals surface area contributed by atoms with Crippen LogP contribution in [-0.4, -0.2) is 31.1 Å². The number of benzene rings is 1. The maximum Gasteiger partial charge on any atom is 0.142 e. The molecular weight excluding hydrogens is 224 g/mol. The van der Waals surface area contributed by atoms with Gasteiger partial charge in [-0.25, -0.2) is 0 Å². The summed E-state index contributed by atoms with van der Waals surface area (Å²) in [7, 11) is 1.70. The van der Waals surface area contributed by atoms with Crippen LogP contribution >= 0.6 is 0 Å². The minimum Gasteiger partial charge on any atom is -0.495 e. The average molecular weight is 246 g/mol. The van der Waals surface area contributed by atoms with Crippen LogP contribution in [0.5, 0.6) is 5.75 Å². The third kappa shape index (κ3) is 3.05. The van der Waals surface area contributed by atoms with Crippen molar-refractivity contribution < 1.29 is 4.74 Å². The first-order valence-electron chi connectivity index (χ1n) is 6.54. The molecule has 0 spiro atoms.